The van der Waals surface area contributed by atoms with E-state index in [1.165, 1.54) is 0 Å². The minimum atomic E-state index is -1.29. The van der Waals surface area contributed by atoms with E-state index in [2.05, 4.69) is 5.32 Å². The zero-order valence-electron chi connectivity index (χ0n) is 8.05. The molecule has 0 aromatic heterocycles. The number of aliphatic hydroxyl groups is 1. The number of carboxylic acid groups (broad SMARTS) is 1. The average molecular weight is 218 g/mol. The molecule has 1 fully saturated rings. The SMILES string of the molecule is NC1COCC1C(=O)N[C@@H](CO)C(=O)O. The van der Waals surface area contributed by atoms with Gasteiger partial charge in [-0.15, -0.1) is 0 Å². The van der Waals surface area contributed by atoms with E-state index in [4.69, 9.17) is 20.7 Å². The molecule has 15 heavy (non-hydrogen) atoms. The average Bonchev–Trinajstić information content (AvgIpc) is 2.60. The number of aliphatic hydroxyl groups excluding tert-OH is 1. The molecule has 1 rings (SSSR count). The summed E-state index contributed by atoms with van der Waals surface area (Å²) in [6.45, 7) is -0.177. The van der Waals surface area contributed by atoms with Crippen LogP contribution in [0, 0.1) is 5.92 Å². The van der Waals surface area contributed by atoms with E-state index >= 15 is 0 Å². The Balaban J connectivity index is 2.50. The molecule has 1 aliphatic heterocycles. The quantitative estimate of drug-likeness (QED) is 0.414. The van der Waals surface area contributed by atoms with E-state index in [9.17, 15) is 9.59 Å². The third kappa shape index (κ3) is 2.88. The highest BCUT2D eigenvalue weighted by Crippen LogP contribution is 2.11. The molecule has 0 aromatic carbocycles. The van der Waals surface area contributed by atoms with E-state index < -0.39 is 36.5 Å². The van der Waals surface area contributed by atoms with Gasteiger partial charge in [0.05, 0.1) is 25.7 Å². The van der Waals surface area contributed by atoms with Crippen molar-refractivity contribution in [3.05, 3.63) is 0 Å². The van der Waals surface area contributed by atoms with Crippen molar-refractivity contribution in [2.45, 2.75) is 12.1 Å². The minimum absolute atomic E-state index is 0.185. The molecule has 1 amide bonds. The number of hydrogen-bond donors (Lipinski definition) is 4. The van der Waals surface area contributed by atoms with Gasteiger partial charge in [0, 0.05) is 6.04 Å². The fraction of sp³-hybridized carbons (Fsp3) is 0.750. The molecule has 3 atom stereocenters. The lowest BCUT2D eigenvalue weighted by Crippen LogP contribution is -2.49. The van der Waals surface area contributed by atoms with E-state index in [1.807, 2.05) is 0 Å². The first kappa shape index (κ1) is 11.9. The normalized spacial score (nSPS) is 27.3. The zero-order valence-corrected chi connectivity index (χ0v) is 8.05. The van der Waals surface area contributed by atoms with Gasteiger partial charge in [-0.25, -0.2) is 4.79 Å². The van der Waals surface area contributed by atoms with Crippen LogP contribution in [0.15, 0.2) is 0 Å². The molecule has 1 heterocycles. The lowest BCUT2D eigenvalue weighted by atomic mass is 10.0. The molecule has 1 aliphatic rings. The molecule has 7 nitrogen and oxygen atoms in total. The summed E-state index contributed by atoms with van der Waals surface area (Å²) in [5.41, 5.74) is 5.58. The summed E-state index contributed by atoms with van der Waals surface area (Å²) in [7, 11) is 0. The monoisotopic (exact) mass is 218 g/mol. The number of hydrogen-bond acceptors (Lipinski definition) is 5. The number of nitrogens with one attached hydrogen (secondary N) is 1. The Hall–Kier alpha value is -1.18. The van der Waals surface area contributed by atoms with Crippen LogP contribution in [0.3, 0.4) is 0 Å². The van der Waals surface area contributed by atoms with Gasteiger partial charge in [0.1, 0.15) is 6.04 Å². The molecule has 1 saturated heterocycles. The Bertz CT molecular complexity index is 257. The smallest absolute Gasteiger partial charge is 0.328 e. The first-order valence-corrected chi connectivity index (χ1v) is 4.53. The first-order valence-electron chi connectivity index (χ1n) is 4.53. The van der Waals surface area contributed by atoms with Crippen molar-refractivity contribution in [3.8, 4) is 0 Å². The van der Waals surface area contributed by atoms with Crippen molar-refractivity contribution in [3.63, 3.8) is 0 Å². The van der Waals surface area contributed by atoms with Crippen LogP contribution >= 0.6 is 0 Å². The van der Waals surface area contributed by atoms with Gasteiger partial charge >= 0.3 is 5.97 Å². The van der Waals surface area contributed by atoms with Gasteiger partial charge < -0.3 is 26.0 Å². The molecule has 0 radical (unpaired) electrons. The van der Waals surface area contributed by atoms with Crippen LogP contribution < -0.4 is 11.1 Å². The fourth-order valence-electron chi connectivity index (χ4n) is 1.31. The summed E-state index contributed by atoms with van der Waals surface area (Å²) in [5.74, 6) is -2.32. The largest absolute Gasteiger partial charge is 0.480 e. The van der Waals surface area contributed by atoms with Gasteiger partial charge in [-0.1, -0.05) is 0 Å². The molecular formula is C8H14N2O5. The number of nitrogens with two attached hydrogens (primary N) is 1. The molecule has 0 aliphatic carbocycles. The molecule has 0 bridgehead atoms. The molecule has 86 valence electrons. The Morgan fingerprint density at radius 2 is 2.20 bits per heavy atom. The van der Waals surface area contributed by atoms with Gasteiger partial charge in [0.2, 0.25) is 5.91 Å². The third-order valence-corrected chi connectivity index (χ3v) is 2.26. The van der Waals surface area contributed by atoms with Crippen molar-refractivity contribution in [1.29, 1.82) is 0 Å². The van der Waals surface area contributed by atoms with Crippen LogP contribution in [0.1, 0.15) is 0 Å². The molecule has 0 saturated carbocycles. The maximum atomic E-state index is 11.5. The van der Waals surface area contributed by atoms with Crippen molar-refractivity contribution in [2.75, 3.05) is 19.8 Å². The Labute approximate surface area is 86.2 Å². The van der Waals surface area contributed by atoms with Gasteiger partial charge in [-0.3, -0.25) is 4.79 Å². The van der Waals surface area contributed by atoms with Crippen molar-refractivity contribution < 1.29 is 24.5 Å². The number of amides is 1. The second-order valence-corrected chi connectivity index (χ2v) is 3.39. The Morgan fingerprint density at radius 3 is 2.60 bits per heavy atom. The lowest BCUT2D eigenvalue weighted by molar-refractivity contribution is -0.143. The Kier molecular flexibility index (Phi) is 4.01. The number of carboxylic acids is 1. The number of carbonyl (C=O) groups is 2. The molecule has 2 unspecified atom stereocenters. The summed E-state index contributed by atoms with van der Waals surface area (Å²) >= 11 is 0. The Morgan fingerprint density at radius 1 is 1.53 bits per heavy atom. The fourth-order valence-corrected chi connectivity index (χ4v) is 1.31. The number of ether oxygens (including phenoxy) is 1. The summed E-state index contributed by atoms with van der Waals surface area (Å²) < 4.78 is 4.97. The highest BCUT2D eigenvalue weighted by atomic mass is 16.5. The lowest BCUT2D eigenvalue weighted by Gasteiger charge is -2.16. The maximum absolute atomic E-state index is 11.5. The van der Waals surface area contributed by atoms with Crippen LogP contribution in [-0.2, 0) is 14.3 Å². The van der Waals surface area contributed by atoms with Crippen LogP contribution in [0.4, 0.5) is 0 Å². The van der Waals surface area contributed by atoms with E-state index in [1.54, 1.807) is 0 Å². The van der Waals surface area contributed by atoms with Crippen molar-refractivity contribution in [1.82, 2.24) is 5.32 Å². The van der Waals surface area contributed by atoms with Crippen LogP contribution in [0.25, 0.3) is 0 Å². The summed E-state index contributed by atoms with van der Waals surface area (Å²) in [5, 5.41) is 19.5. The molecule has 0 aromatic rings. The van der Waals surface area contributed by atoms with Gasteiger partial charge in [0.15, 0.2) is 0 Å². The van der Waals surface area contributed by atoms with Crippen molar-refractivity contribution >= 4 is 11.9 Å². The maximum Gasteiger partial charge on any atom is 0.328 e. The summed E-state index contributed by atoms with van der Waals surface area (Å²) in [6.07, 6.45) is 0. The highest BCUT2D eigenvalue weighted by Gasteiger charge is 2.33. The molecular weight excluding hydrogens is 204 g/mol. The molecule has 0 spiro atoms. The summed E-state index contributed by atoms with van der Waals surface area (Å²) in [6, 6.07) is -1.71. The second kappa shape index (κ2) is 5.06. The van der Waals surface area contributed by atoms with E-state index in [0.29, 0.717) is 0 Å². The van der Waals surface area contributed by atoms with Crippen LogP contribution in [0.2, 0.25) is 0 Å². The van der Waals surface area contributed by atoms with Crippen LogP contribution in [0.5, 0.6) is 0 Å². The van der Waals surface area contributed by atoms with E-state index in [-0.39, 0.29) is 13.2 Å². The van der Waals surface area contributed by atoms with Gasteiger partial charge in [-0.2, -0.15) is 0 Å². The number of rotatable bonds is 4. The zero-order chi connectivity index (χ0) is 11.4. The van der Waals surface area contributed by atoms with Crippen molar-refractivity contribution in [2.24, 2.45) is 11.7 Å². The predicted octanol–water partition coefficient (Wildman–Crippen LogP) is -2.48. The molecule has 5 N–H and O–H groups in total. The number of carbonyl (C=O) groups excluding carboxylic acids is 1. The topological polar surface area (TPSA) is 122 Å². The predicted molar refractivity (Wildman–Crippen MR) is 48.9 cm³/mol. The number of aliphatic carboxylic acids is 1. The second-order valence-electron chi connectivity index (χ2n) is 3.39. The third-order valence-electron chi connectivity index (χ3n) is 2.26. The van der Waals surface area contributed by atoms with Gasteiger partial charge in [-0.05, 0) is 0 Å². The minimum Gasteiger partial charge on any atom is -0.480 e. The van der Waals surface area contributed by atoms with E-state index in [0.717, 1.165) is 0 Å². The first-order chi connectivity index (χ1) is 7.06. The molecule has 7 heteroatoms. The van der Waals surface area contributed by atoms with Crippen LogP contribution in [-0.4, -0.2) is 54.0 Å². The standard InChI is InChI=1S/C8H14N2O5/c9-5-3-15-2-4(5)7(12)10-6(1-11)8(13)14/h4-6,11H,1-3,9H2,(H,10,12)(H,13,14)/t4?,5?,6-/m0/s1. The highest BCUT2D eigenvalue weighted by molar-refractivity contribution is 5.85. The van der Waals surface area contributed by atoms with Gasteiger partial charge in [0.25, 0.3) is 0 Å². The summed E-state index contributed by atoms with van der Waals surface area (Å²) in [4.78, 5) is 22.0.